The average molecular weight is 388 g/mol. The molecular formula is C22H26F2N2O2. The first-order valence-electron chi connectivity index (χ1n) is 9.83. The summed E-state index contributed by atoms with van der Waals surface area (Å²) in [5, 5.41) is 0. The van der Waals surface area contributed by atoms with E-state index < -0.39 is 0 Å². The lowest BCUT2D eigenvalue weighted by Gasteiger charge is -2.27. The highest BCUT2D eigenvalue weighted by molar-refractivity contribution is 5.29. The molecule has 2 heterocycles. The molecular weight excluding hydrogens is 362 g/mol. The van der Waals surface area contributed by atoms with Gasteiger partial charge in [-0.25, -0.2) is 8.78 Å². The minimum absolute atomic E-state index is 0.168. The van der Waals surface area contributed by atoms with Gasteiger partial charge < -0.3 is 9.47 Å². The molecule has 2 aliphatic rings. The van der Waals surface area contributed by atoms with Gasteiger partial charge in [0, 0.05) is 61.5 Å². The van der Waals surface area contributed by atoms with Crippen LogP contribution in [-0.4, -0.2) is 49.3 Å². The predicted molar refractivity (Wildman–Crippen MR) is 103 cm³/mol. The summed E-state index contributed by atoms with van der Waals surface area (Å²) in [5.74, 6) is -0.335. The van der Waals surface area contributed by atoms with E-state index in [4.69, 9.17) is 9.47 Å². The fraction of sp³-hybridized carbons (Fsp3) is 0.455. The summed E-state index contributed by atoms with van der Waals surface area (Å²) in [6, 6.07) is 11.1. The van der Waals surface area contributed by atoms with Crippen LogP contribution in [-0.2, 0) is 35.7 Å². The molecule has 0 fully saturated rings. The molecule has 0 saturated carbocycles. The summed E-state index contributed by atoms with van der Waals surface area (Å²) in [6.45, 7) is 4.92. The van der Waals surface area contributed by atoms with Crippen molar-refractivity contribution in [1.82, 2.24) is 9.80 Å². The second kappa shape index (κ2) is 9.09. The van der Waals surface area contributed by atoms with Crippen LogP contribution in [0, 0.1) is 11.6 Å². The normalized spacial score (nSPS) is 23.8. The Labute approximate surface area is 164 Å². The van der Waals surface area contributed by atoms with Crippen LogP contribution >= 0.6 is 0 Å². The first kappa shape index (κ1) is 19.5. The molecule has 0 N–H and O–H groups in total. The van der Waals surface area contributed by atoms with Crippen molar-refractivity contribution in [2.24, 2.45) is 0 Å². The molecule has 0 amide bonds. The van der Waals surface area contributed by atoms with Gasteiger partial charge in [-0.3, -0.25) is 9.80 Å². The van der Waals surface area contributed by atoms with Gasteiger partial charge in [0.1, 0.15) is 11.6 Å². The van der Waals surface area contributed by atoms with Crippen LogP contribution in [0.3, 0.4) is 0 Å². The molecule has 6 bridgehead atoms. The smallest absolute Gasteiger partial charge is 0.132 e. The van der Waals surface area contributed by atoms with Gasteiger partial charge in [0.15, 0.2) is 0 Å². The van der Waals surface area contributed by atoms with E-state index in [1.165, 1.54) is 0 Å². The average Bonchev–Trinajstić information content (AvgIpc) is 2.68. The topological polar surface area (TPSA) is 24.9 Å². The monoisotopic (exact) mass is 388 g/mol. The molecule has 0 atom stereocenters. The highest BCUT2D eigenvalue weighted by Crippen LogP contribution is 2.23. The van der Waals surface area contributed by atoms with Gasteiger partial charge in [0.2, 0.25) is 0 Å². The molecule has 0 radical (unpaired) electrons. The van der Waals surface area contributed by atoms with E-state index in [-0.39, 0.29) is 11.6 Å². The molecule has 0 aliphatic carbocycles. The van der Waals surface area contributed by atoms with Gasteiger partial charge in [-0.2, -0.15) is 0 Å². The molecule has 4 rings (SSSR count). The zero-order chi connectivity index (χ0) is 19.3. The maximum atomic E-state index is 15.2. The summed E-state index contributed by atoms with van der Waals surface area (Å²) in [4.78, 5) is 4.09. The lowest BCUT2D eigenvalue weighted by molar-refractivity contribution is 0.0290. The number of nitrogens with zero attached hydrogens (tertiary/aromatic N) is 2. The molecule has 2 aromatic carbocycles. The minimum atomic E-state index is -0.168. The fourth-order valence-electron chi connectivity index (χ4n) is 3.86. The van der Waals surface area contributed by atoms with Crippen LogP contribution in [0.15, 0.2) is 36.4 Å². The Morgan fingerprint density at radius 1 is 0.571 bits per heavy atom. The van der Waals surface area contributed by atoms with Crippen LogP contribution in [0.4, 0.5) is 8.78 Å². The molecule has 28 heavy (non-hydrogen) atoms. The highest BCUT2D eigenvalue weighted by atomic mass is 19.1. The Bertz CT molecular complexity index is 699. The Morgan fingerprint density at radius 2 is 0.929 bits per heavy atom. The van der Waals surface area contributed by atoms with Gasteiger partial charge in [-0.1, -0.05) is 36.4 Å². The molecule has 0 spiro atoms. The van der Waals surface area contributed by atoms with Crippen molar-refractivity contribution in [2.75, 3.05) is 39.5 Å². The molecule has 0 saturated heterocycles. The van der Waals surface area contributed by atoms with Crippen LogP contribution in [0.5, 0.6) is 0 Å². The zero-order valence-electron chi connectivity index (χ0n) is 16.0. The first-order valence-corrected chi connectivity index (χ1v) is 9.83. The van der Waals surface area contributed by atoms with E-state index in [0.717, 1.165) is 0 Å². The predicted octanol–water partition coefficient (Wildman–Crippen LogP) is 3.33. The summed E-state index contributed by atoms with van der Waals surface area (Å²) in [6.07, 6.45) is 0. The zero-order valence-corrected chi connectivity index (χ0v) is 16.0. The fourth-order valence-corrected chi connectivity index (χ4v) is 3.86. The standard InChI is InChI=1S/C22H26F2N2O2/c23-21-17-3-1-4-18(21)14-26-8-10-28-12-11-27-9-7-25(13-17)15-19-5-2-6-20(16-26)22(19)24/h1-6H,7-16H2. The van der Waals surface area contributed by atoms with Crippen LogP contribution in [0.2, 0.25) is 0 Å². The van der Waals surface area contributed by atoms with Crippen LogP contribution in [0.1, 0.15) is 22.3 Å². The van der Waals surface area contributed by atoms with Crippen molar-refractivity contribution in [3.05, 3.63) is 70.3 Å². The Kier molecular flexibility index (Phi) is 6.32. The number of benzene rings is 2. The number of fused-ring (bicyclic) bond motifs is 4. The van der Waals surface area contributed by atoms with Gasteiger partial charge >= 0.3 is 0 Å². The molecule has 2 aromatic rings. The first-order chi connectivity index (χ1) is 13.7. The highest BCUT2D eigenvalue weighted by Gasteiger charge is 2.20. The van der Waals surface area contributed by atoms with Crippen molar-refractivity contribution in [2.45, 2.75) is 26.2 Å². The summed E-state index contributed by atoms with van der Waals surface area (Å²) < 4.78 is 41.7. The summed E-state index contributed by atoms with van der Waals surface area (Å²) in [7, 11) is 0. The molecule has 0 unspecified atom stereocenters. The molecule has 4 nitrogen and oxygen atoms in total. The maximum absolute atomic E-state index is 15.2. The molecule has 6 heteroatoms. The molecule has 0 aromatic heterocycles. The molecule has 2 aliphatic heterocycles. The lowest BCUT2D eigenvalue weighted by Crippen LogP contribution is -2.30. The van der Waals surface area contributed by atoms with Crippen molar-refractivity contribution in [1.29, 1.82) is 0 Å². The van der Waals surface area contributed by atoms with E-state index in [1.54, 1.807) is 0 Å². The summed E-state index contributed by atoms with van der Waals surface area (Å²) in [5.41, 5.74) is 2.56. The van der Waals surface area contributed by atoms with Gasteiger partial charge in [0.25, 0.3) is 0 Å². The van der Waals surface area contributed by atoms with Crippen molar-refractivity contribution in [3.8, 4) is 0 Å². The number of rotatable bonds is 0. The van der Waals surface area contributed by atoms with Gasteiger partial charge in [-0.05, 0) is 0 Å². The third kappa shape index (κ3) is 4.58. The third-order valence-electron chi connectivity index (χ3n) is 5.37. The third-order valence-corrected chi connectivity index (χ3v) is 5.37. The summed E-state index contributed by atoms with van der Waals surface area (Å²) >= 11 is 0. The second-order valence-electron chi connectivity index (χ2n) is 7.43. The van der Waals surface area contributed by atoms with Crippen molar-refractivity contribution >= 4 is 0 Å². The SMILES string of the molecule is Fc1c2cccc1CN1CCOCCOCCN(C2)Cc2cccc(c2F)C1. The minimum Gasteiger partial charge on any atom is -0.378 e. The van der Waals surface area contributed by atoms with Gasteiger partial charge in [-0.15, -0.1) is 0 Å². The van der Waals surface area contributed by atoms with E-state index in [1.807, 2.05) is 46.2 Å². The Balaban J connectivity index is 1.77. The van der Waals surface area contributed by atoms with E-state index in [9.17, 15) is 0 Å². The second-order valence-corrected chi connectivity index (χ2v) is 7.43. The lowest BCUT2D eigenvalue weighted by atomic mass is 10.0. The van der Waals surface area contributed by atoms with E-state index in [2.05, 4.69) is 0 Å². The number of hydrogen-bond acceptors (Lipinski definition) is 4. The number of ether oxygens (including phenoxy) is 2. The number of halogens is 2. The quantitative estimate of drug-likeness (QED) is 0.691. The molecule has 150 valence electrons. The number of hydrogen-bond donors (Lipinski definition) is 0. The maximum Gasteiger partial charge on any atom is 0.132 e. The van der Waals surface area contributed by atoms with E-state index >= 15 is 8.78 Å². The largest absolute Gasteiger partial charge is 0.378 e. The van der Waals surface area contributed by atoms with Gasteiger partial charge in [0.05, 0.1) is 26.4 Å². The van der Waals surface area contributed by atoms with E-state index in [0.29, 0.717) is 87.9 Å². The van der Waals surface area contributed by atoms with Crippen LogP contribution in [0.25, 0.3) is 0 Å². The van der Waals surface area contributed by atoms with Crippen molar-refractivity contribution < 1.29 is 18.3 Å². The Hall–Kier alpha value is -1.86. The van der Waals surface area contributed by atoms with Crippen LogP contribution < -0.4 is 0 Å². The Morgan fingerprint density at radius 3 is 1.29 bits per heavy atom. The van der Waals surface area contributed by atoms with Crippen molar-refractivity contribution in [3.63, 3.8) is 0 Å².